The van der Waals surface area contributed by atoms with Gasteiger partial charge in [0.2, 0.25) is 0 Å². The number of rotatable bonds is 4. The molecule has 1 aromatic heterocycles. The first kappa shape index (κ1) is 15.5. The maximum atomic E-state index is 11.9. The molecule has 0 saturated heterocycles. The van der Waals surface area contributed by atoms with E-state index in [0.717, 1.165) is 15.8 Å². The molecule has 2 rings (SSSR count). The van der Waals surface area contributed by atoms with Gasteiger partial charge < -0.3 is 5.32 Å². The van der Waals surface area contributed by atoms with Gasteiger partial charge >= 0.3 is 0 Å². The number of hydrogen-bond acceptors (Lipinski definition) is 4. The summed E-state index contributed by atoms with van der Waals surface area (Å²) in [6.45, 7) is 0.252. The lowest BCUT2D eigenvalue weighted by atomic mass is 10.2. The van der Waals surface area contributed by atoms with E-state index in [1.54, 1.807) is 24.3 Å². The van der Waals surface area contributed by atoms with Gasteiger partial charge in [-0.15, -0.1) is 11.3 Å². The maximum absolute atomic E-state index is 11.9. The average Bonchev–Trinajstić information content (AvgIpc) is 2.84. The van der Waals surface area contributed by atoms with Crippen molar-refractivity contribution in [3.8, 4) is 0 Å². The van der Waals surface area contributed by atoms with E-state index in [-0.39, 0.29) is 16.7 Å². The summed E-state index contributed by atoms with van der Waals surface area (Å²) in [6.07, 6.45) is 0. The van der Waals surface area contributed by atoms with Crippen LogP contribution in [0.2, 0.25) is 0 Å². The van der Waals surface area contributed by atoms with Crippen molar-refractivity contribution in [2.45, 2.75) is 10.8 Å². The fourth-order valence-corrected chi connectivity index (χ4v) is 3.95. The lowest BCUT2D eigenvalue weighted by molar-refractivity contribution is 0.0951. The Morgan fingerprint density at radius 3 is 2.65 bits per heavy atom. The molecule has 1 aromatic carbocycles. The van der Waals surface area contributed by atoms with Gasteiger partial charge in [-0.2, -0.15) is 0 Å². The molecule has 0 atom stereocenters. The van der Waals surface area contributed by atoms with Crippen LogP contribution in [0.3, 0.4) is 0 Å². The molecule has 4 nitrogen and oxygen atoms in total. The van der Waals surface area contributed by atoms with Gasteiger partial charge in [-0.25, -0.2) is 8.42 Å². The molecule has 0 unspecified atom stereocenters. The molecule has 0 fully saturated rings. The van der Waals surface area contributed by atoms with Crippen molar-refractivity contribution in [1.29, 1.82) is 0 Å². The van der Waals surface area contributed by atoms with Crippen LogP contribution < -0.4 is 5.32 Å². The zero-order chi connectivity index (χ0) is 14.8. The quantitative estimate of drug-likeness (QED) is 0.809. The van der Waals surface area contributed by atoms with Crippen LogP contribution in [0.15, 0.2) is 45.1 Å². The minimum Gasteiger partial charge on any atom is -0.347 e. The summed E-state index contributed by atoms with van der Waals surface area (Å²) in [6, 6.07) is 10.0. The van der Waals surface area contributed by atoms with E-state index in [4.69, 9.17) is 10.7 Å². The van der Waals surface area contributed by atoms with Crippen LogP contribution in [0.25, 0.3) is 0 Å². The van der Waals surface area contributed by atoms with Crippen LogP contribution in [-0.4, -0.2) is 14.3 Å². The molecule has 0 aliphatic carbocycles. The van der Waals surface area contributed by atoms with Gasteiger partial charge in [-0.3, -0.25) is 4.79 Å². The van der Waals surface area contributed by atoms with E-state index >= 15 is 0 Å². The summed E-state index contributed by atoms with van der Waals surface area (Å²) in [4.78, 5) is 12.6. The number of halogens is 2. The standard InChI is InChI=1S/C12H9BrClNO3S2/c13-9-3-1-2-8(6-9)12(16)15-7-10-4-5-11(19-10)20(14,17)18/h1-6H,7H2,(H,15,16). The Labute approximate surface area is 133 Å². The predicted molar refractivity (Wildman–Crippen MR) is 82.7 cm³/mol. The molecule has 2 aromatic rings. The van der Waals surface area contributed by atoms with E-state index in [1.165, 1.54) is 6.07 Å². The lowest BCUT2D eigenvalue weighted by Crippen LogP contribution is -2.22. The van der Waals surface area contributed by atoms with Crippen molar-refractivity contribution in [1.82, 2.24) is 5.32 Å². The van der Waals surface area contributed by atoms with Gasteiger partial charge in [-0.1, -0.05) is 22.0 Å². The normalized spacial score (nSPS) is 11.3. The van der Waals surface area contributed by atoms with Crippen LogP contribution in [0.5, 0.6) is 0 Å². The van der Waals surface area contributed by atoms with Gasteiger partial charge in [0.25, 0.3) is 15.0 Å². The highest BCUT2D eigenvalue weighted by Crippen LogP contribution is 2.24. The molecular formula is C12H9BrClNO3S2. The SMILES string of the molecule is O=C(NCc1ccc(S(=O)(=O)Cl)s1)c1cccc(Br)c1. The Morgan fingerprint density at radius 2 is 2.05 bits per heavy atom. The molecule has 1 heterocycles. The molecule has 0 aliphatic heterocycles. The van der Waals surface area contributed by atoms with E-state index < -0.39 is 9.05 Å². The highest BCUT2D eigenvalue weighted by Gasteiger charge is 2.13. The zero-order valence-electron chi connectivity index (χ0n) is 9.97. The Bertz CT molecular complexity index is 743. The lowest BCUT2D eigenvalue weighted by Gasteiger charge is -2.03. The predicted octanol–water partition coefficient (Wildman–Crippen LogP) is 3.37. The fraction of sp³-hybridized carbons (Fsp3) is 0.0833. The molecule has 0 saturated carbocycles. The highest BCUT2D eigenvalue weighted by atomic mass is 79.9. The number of amides is 1. The second-order valence-corrected chi connectivity index (χ2v) is 8.73. The first-order valence-electron chi connectivity index (χ1n) is 5.43. The van der Waals surface area contributed by atoms with Crippen molar-refractivity contribution < 1.29 is 13.2 Å². The molecule has 106 valence electrons. The van der Waals surface area contributed by atoms with Crippen molar-refractivity contribution in [3.05, 3.63) is 51.3 Å². The van der Waals surface area contributed by atoms with E-state index in [9.17, 15) is 13.2 Å². The number of nitrogens with one attached hydrogen (secondary N) is 1. The summed E-state index contributed by atoms with van der Waals surface area (Å²) in [5.74, 6) is -0.227. The van der Waals surface area contributed by atoms with Crippen molar-refractivity contribution in [2.75, 3.05) is 0 Å². The Balaban J connectivity index is 2.02. The average molecular weight is 395 g/mol. The first-order chi connectivity index (χ1) is 9.36. The molecule has 8 heteroatoms. The van der Waals surface area contributed by atoms with Gasteiger partial charge in [0, 0.05) is 25.6 Å². The van der Waals surface area contributed by atoms with E-state index in [2.05, 4.69) is 21.2 Å². The van der Waals surface area contributed by atoms with E-state index in [1.807, 2.05) is 6.07 Å². The smallest absolute Gasteiger partial charge is 0.270 e. The number of hydrogen-bond donors (Lipinski definition) is 1. The van der Waals surface area contributed by atoms with Crippen LogP contribution in [0.1, 0.15) is 15.2 Å². The maximum Gasteiger partial charge on any atom is 0.270 e. The molecule has 0 spiro atoms. The molecule has 0 radical (unpaired) electrons. The van der Waals surface area contributed by atoms with E-state index in [0.29, 0.717) is 10.4 Å². The largest absolute Gasteiger partial charge is 0.347 e. The zero-order valence-corrected chi connectivity index (χ0v) is 13.9. The van der Waals surface area contributed by atoms with Crippen LogP contribution in [0, 0.1) is 0 Å². The van der Waals surface area contributed by atoms with Crippen molar-refractivity contribution in [2.24, 2.45) is 0 Å². The van der Waals surface area contributed by atoms with Gasteiger partial charge in [-0.05, 0) is 30.3 Å². The summed E-state index contributed by atoms with van der Waals surface area (Å²) in [5.41, 5.74) is 0.529. The molecule has 20 heavy (non-hydrogen) atoms. The molecule has 1 N–H and O–H groups in total. The molecule has 1 amide bonds. The van der Waals surface area contributed by atoms with Crippen molar-refractivity contribution >= 4 is 52.9 Å². The van der Waals surface area contributed by atoms with Crippen LogP contribution in [0.4, 0.5) is 0 Å². The monoisotopic (exact) mass is 393 g/mol. The summed E-state index contributed by atoms with van der Waals surface area (Å²) in [7, 11) is 1.53. The first-order valence-corrected chi connectivity index (χ1v) is 9.35. The van der Waals surface area contributed by atoms with Gasteiger partial charge in [0.15, 0.2) is 0 Å². The van der Waals surface area contributed by atoms with Gasteiger partial charge in [0.05, 0.1) is 6.54 Å². The van der Waals surface area contributed by atoms with Crippen LogP contribution >= 0.6 is 37.9 Å². The minimum absolute atomic E-state index is 0.0749. The third kappa shape index (κ3) is 4.05. The third-order valence-corrected chi connectivity index (χ3v) is 6.06. The fourth-order valence-electron chi connectivity index (χ4n) is 1.48. The molecule has 0 bridgehead atoms. The Hall–Kier alpha value is -0.890. The number of benzene rings is 1. The summed E-state index contributed by atoms with van der Waals surface area (Å²) < 4.78 is 23.1. The topological polar surface area (TPSA) is 63.2 Å². The van der Waals surface area contributed by atoms with Gasteiger partial charge in [0.1, 0.15) is 4.21 Å². The molecule has 0 aliphatic rings. The second-order valence-electron chi connectivity index (χ2n) is 3.85. The summed E-state index contributed by atoms with van der Waals surface area (Å²) in [5, 5.41) is 2.72. The Morgan fingerprint density at radius 1 is 1.30 bits per heavy atom. The molecular weight excluding hydrogens is 386 g/mol. The second kappa shape index (κ2) is 6.26. The van der Waals surface area contributed by atoms with Crippen molar-refractivity contribution in [3.63, 3.8) is 0 Å². The third-order valence-electron chi connectivity index (χ3n) is 2.39. The number of thiophene rings is 1. The van der Waals surface area contributed by atoms with Crippen LogP contribution in [-0.2, 0) is 15.6 Å². The number of carbonyl (C=O) groups is 1. The summed E-state index contributed by atoms with van der Waals surface area (Å²) >= 11 is 4.33. The Kier molecular flexibility index (Phi) is 4.85. The highest BCUT2D eigenvalue weighted by molar-refractivity contribution is 9.10. The number of carbonyl (C=O) groups excluding carboxylic acids is 1. The minimum atomic E-state index is -3.71.